The van der Waals surface area contributed by atoms with Crippen molar-refractivity contribution in [1.29, 1.82) is 0 Å². The summed E-state index contributed by atoms with van der Waals surface area (Å²) in [5.41, 5.74) is 3.39. The Morgan fingerprint density at radius 2 is 1.72 bits per heavy atom. The summed E-state index contributed by atoms with van der Waals surface area (Å²) < 4.78 is 10.7. The fourth-order valence-corrected chi connectivity index (χ4v) is 3.59. The molecule has 0 fully saturated rings. The molecule has 0 saturated heterocycles. The van der Waals surface area contributed by atoms with Gasteiger partial charge in [0.05, 0.1) is 11.7 Å². The molecule has 1 amide bonds. The highest BCUT2D eigenvalue weighted by atomic mass is 16.6. The Morgan fingerprint density at radius 1 is 1.03 bits per heavy atom. The van der Waals surface area contributed by atoms with Crippen LogP contribution in [0.3, 0.4) is 0 Å². The fraction of sp³-hybridized carbons (Fsp3) is 0.409. The van der Waals surface area contributed by atoms with Gasteiger partial charge in [-0.1, -0.05) is 18.2 Å². The highest BCUT2D eigenvalue weighted by molar-refractivity contribution is 6.02. The molecule has 0 saturated carbocycles. The van der Waals surface area contributed by atoms with Gasteiger partial charge in [0.15, 0.2) is 6.10 Å². The zero-order valence-corrected chi connectivity index (χ0v) is 17.4. The third-order valence-electron chi connectivity index (χ3n) is 4.97. The molecule has 1 atom stereocenters. The molecule has 0 bridgehead atoms. The molecule has 0 spiro atoms. The molecule has 1 aliphatic heterocycles. The number of hydrogen-bond donors (Lipinski definition) is 1. The predicted molar refractivity (Wildman–Crippen MR) is 108 cm³/mol. The molecular formula is C22H26N2O5. The molecule has 0 radical (unpaired) electrons. The van der Waals surface area contributed by atoms with E-state index in [2.05, 4.69) is 4.98 Å². The van der Waals surface area contributed by atoms with Gasteiger partial charge in [-0.15, -0.1) is 0 Å². The Morgan fingerprint density at radius 3 is 2.41 bits per heavy atom. The minimum absolute atomic E-state index is 0.152. The predicted octanol–water partition coefficient (Wildman–Crippen LogP) is 3.33. The van der Waals surface area contributed by atoms with Gasteiger partial charge < -0.3 is 19.4 Å². The topological polar surface area (TPSA) is 88.7 Å². The van der Waals surface area contributed by atoms with Crippen LogP contribution in [0.4, 0.5) is 5.69 Å². The summed E-state index contributed by atoms with van der Waals surface area (Å²) in [4.78, 5) is 42.3. The summed E-state index contributed by atoms with van der Waals surface area (Å²) >= 11 is 0. The summed E-state index contributed by atoms with van der Waals surface area (Å²) in [5.74, 6) is -1.45. The normalized spacial score (nSPS) is 13.9. The third-order valence-corrected chi connectivity index (χ3v) is 4.97. The number of hydrogen-bond acceptors (Lipinski definition) is 5. The van der Waals surface area contributed by atoms with Gasteiger partial charge in [0.2, 0.25) is 0 Å². The average molecular weight is 398 g/mol. The number of H-pyrrole nitrogens is 1. The first-order valence-corrected chi connectivity index (χ1v) is 9.71. The number of fused-ring (bicyclic) bond motifs is 1. The minimum atomic E-state index is -0.956. The summed E-state index contributed by atoms with van der Waals surface area (Å²) in [6.45, 7) is 8.98. The lowest BCUT2D eigenvalue weighted by molar-refractivity contribution is -0.126. The number of esters is 2. The molecule has 7 heteroatoms. The molecule has 1 aromatic heterocycles. The van der Waals surface area contributed by atoms with Crippen LogP contribution in [-0.4, -0.2) is 41.6 Å². The quantitative estimate of drug-likeness (QED) is 0.781. The molecule has 1 N–H and O–H groups in total. The van der Waals surface area contributed by atoms with Crippen molar-refractivity contribution in [1.82, 2.24) is 4.98 Å². The lowest BCUT2D eigenvalue weighted by atomic mass is 10.1. The van der Waals surface area contributed by atoms with Crippen LogP contribution in [-0.2, 0) is 20.7 Å². The van der Waals surface area contributed by atoms with Gasteiger partial charge in [-0.25, -0.2) is 9.59 Å². The molecule has 2 heterocycles. The van der Waals surface area contributed by atoms with E-state index in [1.807, 2.05) is 24.3 Å². The van der Waals surface area contributed by atoms with Crippen molar-refractivity contribution >= 4 is 23.5 Å². The Hall–Kier alpha value is -3.09. The van der Waals surface area contributed by atoms with Crippen LogP contribution < -0.4 is 4.90 Å². The molecule has 2 aromatic rings. The number of nitrogens with zero attached hydrogens (tertiary/aromatic N) is 1. The lowest BCUT2D eigenvalue weighted by Gasteiger charge is -2.21. The maximum atomic E-state index is 12.8. The molecule has 29 heavy (non-hydrogen) atoms. The number of aromatic nitrogens is 1. The molecule has 154 valence electrons. The number of benzene rings is 1. The summed E-state index contributed by atoms with van der Waals surface area (Å²) in [6, 6.07) is 7.69. The van der Waals surface area contributed by atoms with Crippen LogP contribution in [0, 0.1) is 13.8 Å². The van der Waals surface area contributed by atoms with Gasteiger partial charge in [-0.05, 0) is 58.2 Å². The molecule has 1 aromatic carbocycles. The number of amides is 1. The van der Waals surface area contributed by atoms with Gasteiger partial charge in [0.1, 0.15) is 5.69 Å². The van der Waals surface area contributed by atoms with Crippen LogP contribution in [0.2, 0.25) is 0 Å². The fourth-order valence-electron chi connectivity index (χ4n) is 3.59. The van der Waals surface area contributed by atoms with E-state index in [0.29, 0.717) is 23.4 Å². The van der Waals surface area contributed by atoms with Crippen molar-refractivity contribution in [2.45, 2.75) is 53.2 Å². The maximum Gasteiger partial charge on any atom is 0.355 e. The molecule has 3 rings (SSSR count). The number of nitrogens with one attached hydrogen (secondary N) is 1. The second-order valence-electron chi connectivity index (χ2n) is 7.50. The molecule has 1 aliphatic rings. The van der Waals surface area contributed by atoms with Gasteiger partial charge in [0, 0.05) is 17.9 Å². The number of aromatic amines is 1. The second-order valence-corrected chi connectivity index (χ2v) is 7.50. The van der Waals surface area contributed by atoms with Crippen molar-refractivity contribution < 1.29 is 23.9 Å². The number of rotatable bonds is 5. The third kappa shape index (κ3) is 4.04. The van der Waals surface area contributed by atoms with E-state index in [1.54, 1.807) is 39.5 Å². The van der Waals surface area contributed by atoms with Gasteiger partial charge >= 0.3 is 11.9 Å². The minimum Gasteiger partial charge on any atom is -0.459 e. The SMILES string of the molecule is Cc1[nH]c(C(=O)O[C@H](C)C(=O)N2CCc3ccccc32)c(C)c1C(=O)OC(C)C. The number of carbonyl (C=O) groups is 3. The van der Waals surface area contributed by atoms with E-state index < -0.39 is 18.0 Å². The van der Waals surface area contributed by atoms with E-state index in [9.17, 15) is 14.4 Å². The van der Waals surface area contributed by atoms with E-state index >= 15 is 0 Å². The average Bonchev–Trinajstić information content (AvgIpc) is 3.21. The smallest absolute Gasteiger partial charge is 0.355 e. The summed E-state index contributed by atoms with van der Waals surface area (Å²) in [7, 11) is 0. The van der Waals surface area contributed by atoms with Crippen molar-refractivity contribution in [3.05, 3.63) is 52.3 Å². The Labute approximate surface area is 170 Å². The zero-order valence-electron chi connectivity index (χ0n) is 17.4. The van der Waals surface area contributed by atoms with Crippen molar-refractivity contribution in [3.63, 3.8) is 0 Å². The number of aryl methyl sites for hydroxylation is 1. The van der Waals surface area contributed by atoms with E-state index in [-0.39, 0.29) is 17.7 Å². The highest BCUT2D eigenvalue weighted by Crippen LogP contribution is 2.28. The molecule has 0 aliphatic carbocycles. The number of ether oxygens (including phenoxy) is 2. The standard InChI is InChI=1S/C22H26N2O5/c1-12(2)28-21(26)18-13(3)19(23-14(18)4)22(27)29-15(5)20(25)24-11-10-16-8-6-7-9-17(16)24/h6-9,12,15,23H,10-11H2,1-5H3/t15-/m1/s1. The summed E-state index contributed by atoms with van der Waals surface area (Å²) in [6.07, 6.45) is -0.450. The number of anilines is 1. The Kier molecular flexibility index (Phi) is 5.77. The maximum absolute atomic E-state index is 12.8. The first kappa shape index (κ1) is 20.6. The lowest BCUT2D eigenvalue weighted by Crippen LogP contribution is -2.39. The van der Waals surface area contributed by atoms with Crippen molar-refractivity contribution in [2.24, 2.45) is 0 Å². The van der Waals surface area contributed by atoms with Crippen LogP contribution in [0.15, 0.2) is 24.3 Å². The highest BCUT2D eigenvalue weighted by Gasteiger charge is 2.31. The van der Waals surface area contributed by atoms with E-state index in [4.69, 9.17) is 9.47 Å². The van der Waals surface area contributed by atoms with E-state index in [1.165, 1.54) is 0 Å². The van der Waals surface area contributed by atoms with Crippen LogP contribution in [0.25, 0.3) is 0 Å². The van der Waals surface area contributed by atoms with Crippen molar-refractivity contribution in [3.8, 4) is 0 Å². The first-order valence-electron chi connectivity index (χ1n) is 9.71. The monoisotopic (exact) mass is 398 g/mol. The van der Waals surface area contributed by atoms with Gasteiger partial charge in [0.25, 0.3) is 5.91 Å². The van der Waals surface area contributed by atoms with E-state index in [0.717, 1.165) is 17.7 Å². The summed E-state index contributed by atoms with van der Waals surface area (Å²) in [5, 5.41) is 0. The first-order chi connectivity index (χ1) is 13.7. The van der Waals surface area contributed by atoms with Crippen LogP contribution in [0.5, 0.6) is 0 Å². The molecule has 0 unspecified atom stereocenters. The zero-order chi connectivity index (χ0) is 21.3. The van der Waals surface area contributed by atoms with Crippen molar-refractivity contribution in [2.75, 3.05) is 11.4 Å². The largest absolute Gasteiger partial charge is 0.459 e. The number of para-hydroxylation sites is 1. The Bertz CT molecular complexity index is 960. The molecule has 7 nitrogen and oxygen atoms in total. The Balaban J connectivity index is 1.74. The van der Waals surface area contributed by atoms with Crippen LogP contribution >= 0.6 is 0 Å². The van der Waals surface area contributed by atoms with Crippen LogP contribution in [0.1, 0.15) is 58.4 Å². The number of carbonyl (C=O) groups excluding carboxylic acids is 3. The van der Waals surface area contributed by atoms with Gasteiger partial charge in [-0.2, -0.15) is 0 Å². The second kappa shape index (κ2) is 8.11. The molecular weight excluding hydrogens is 372 g/mol. The van der Waals surface area contributed by atoms with Gasteiger partial charge in [-0.3, -0.25) is 4.79 Å².